The van der Waals surface area contributed by atoms with E-state index in [0.29, 0.717) is 0 Å². The lowest BCUT2D eigenvalue weighted by atomic mass is 10.1. The van der Waals surface area contributed by atoms with Gasteiger partial charge in [0.1, 0.15) is 0 Å². The summed E-state index contributed by atoms with van der Waals surface area (Å²) in [6, 6.07) is 15.3. The van der Waals surface area contributed by atoms with E-state index < -0.39 is 0 Å². The normalized spacial score (nSPS) is 12.8. The summed E-state index contributed by atoms with van der Waals surface area (Å²) in [7, 11) is 0. The van der Waals surface area contributed by atoms with Gasteiger partial charge in [0.15, 0.2) is 0 Å². The molecule has 2 rings (SSSR count). The summed E-state index contributed by atoms with van der Waals surface area (Å²) in [5.74, 6) is 1.99. The van der Waals surface area contributed by atoms with Gasteiger partial charge < -0.3 is 0 Å². The molecule has 96 valence electrons. The first-order chi connectivity index (χ1) is 8.83. The highest BCUT2D eigenvalue weighted by Gasteiger charge is 2.07. The zero-order valence-electron chi connectivity index (χ0n) is 10.7. The fraction of sp³-hybridized carbons (Fsp3) is 0.375. The highest BCUT2D eigenvalue weighted by molar-refractivity contribution is 9.09. The molecular formula is C16H19BrS. The molecule has 0 radical (unpaired) electrons. The molecule has 0 fully saturated rings. The standard InChI is InChI=1S/C16H19BrS/c1-2-5-13(11-17)12-18-16-9-8-14-6-3-4-7-15(14)10-16/h3-4,6-10,13H,2,5,11-12H2,1H3. The van der Waals surface area contributed by atoms with Crippen LogP contribution in [0.4, 0.5) is 0 Å². The molecule has 0 aromatic heterocycles. The lowest BCUT2D eigenvalue weighted by Crippen LogP contribution is -2.04. The molecular weight excluding hydrogens is 304 g/mol. The van der Waals surface area contributed by atoms with Gasteiger partial charge in [-0.05, 0) is 35.2 Å². The highest BCUT2D eigenvalue weighted by atomic mass is 79.9. The van der Waals surface area contributed by atoms with Crippen molar-refractivity contribution >= 4 is 38.5 Å². The number of hydrogen-bond acceptors (Lipinski definition) is 1. The van der Waals surface area contributed by atoms with Crippen LogP contribution in [0.25, 0.3) is 10.8 Å². The summed E-state index contributed by atoms with van der Waals surface area (Å²) < 4.78 is 0. The Balaban J connectivity index is 2.03. The third kappa shape index (κ3) is 3.76. The van der Waals surface area contributed by atoms with Gasteiger partial charge >= 0.3 is 0 Å². The molecule has 2 aromatic carbocycles. The fourth-order valence-corrected chi connectivity index (χ4v) is 4.03. The number of rotatable bonds is 6. The van der Waals surface area contributed by atoms with Crippen molar-refractivity contribution in [3.8, 4) is 0 Å². The Labute approximate surface area is 122 Å². The van der Waals surface area contributed by atoms with Gasteiger partial charge in [-0.25, -0.2) is 0 Å². The van der Waals surface area contributed by atoms with Gasteiger partial charge in [0.2, 0.25) is 0 Å². The lowest BCUT2D eigenvalue weighted by molar-refractivity contribution is 0.597. The lowest BCUT2D eigenvalue weighted by Gasteiger charge is -2.12. The smallest absolute Gasteiger partial charge is 0.00784 e. The molecule has 0 N–H and O–H groups in total. The van der Waals surface area contributed by atoms with Crippen LogP contribution in [0.3, 0.4) is 0 Å². The fourth-order valence-electron chi connectivity index (χ4n) is 2.08. The summed E-state index contributed by atoms with van der Waals surface area (Å²) in [4.78, 5) is 1.38. The first-order valence-corrected chi connectivity index (χ1v) is 8.61. The van der Waals surface area contributed by atoms with E-state index >= 15 is 0 Å². The van der Waals surface area contributed by atoms with E-state index in [4.69, 9.17) is 0 Å². The first-order valence-electron chi connectivity index (χ1n) is 6.51. The van der Waals surface area contributed by atoms with E-state index in [2.05, 4.69) is 65.3 Å². The second kappa shape index (κ2) is 7.20. The third-order valence-corrected chi connectivity index (χ3v) is 5.26. The van der Waals surface area contributed by atoms with Gasteiger partial charge in [-0.15, -0.1) is 11.8 Å². The van der Waals surface area contributed by atoms with Crippen molar-refractivity contribution in [2.45, 2.75) is 24.7 Å². The monoisotopic (exact) mass is 322 g/mol. The Bertz CT molecular complexity index is 495. The van der Waals surface area contributed by atoms with Gasteiger partial charge in [-0.3, -0.25) is 0 Å². The predicted molar refractivity (Wildman–Crippen MR) is 86.9 cm³/mol. The zero-order valence-corrected chi connectivity index (χ0v) is 13.1. The van der Waals surface area contributed by atoms with Gasteiger partial charge in [-0.2, -0.15) is 0 Å². The Morgan fingerprint density at radius 2 is 1.89 bits per heavy atom. The van der Waals surface area contributed by atoms with Crippen LogP contribution < -0.4 is 0 Å². The van der Waals surface area contributed by atoms with Crippen LogP contribution in [0.2, 0.25) is 0 Å². The molecule has 0 spiro atoms. The zero-order chi connectivity index (χ0) is 12.8. The topological polar surface area (TPSA) is 0 Å². The minimum atomic E-state index is 0.784. The maximum Gasteiger partial charge on any atom is 0.00784 e. The number of thioether (sulfide) groups is 1. The number of benzene rings is 2. The summed E-state index contributed by atoms with van der Waals surface area (Å²) in [5, 5.41) is 3.78. The molecule has 2 aromatic rings. The predicted octanol–water partition coefficient (Wildman–Crippen LogP) is 5.74. The SMILES string of the molecule is CCCC(CBr)CSc1ccc2ccccc2c1. The second-order valence-electron chi connectivity index (χ2n) is 4.63. The third-order valence-electron chi connectivity index (χ3n) is 3.12. The van der Waals surface area contributed by atoms with Crippen LogP contribution in [-0.4, -0.2) is 11.1 Å². The molecule has 1 unspecified atom stereocenters. The minimum absolute atomic E-state index is 0.784. The van der Waals surface area contributed by atoms with Gasteiger partial charge in [0, 0.05) is 16.0 Å². The van der Waals surface area contributed by atoms with Crippen LogP contribution in [0.15, 0.2) is 47.4 Å². The number of hydrogen-bond donors (Lipinski definition) is 0. The van der Waals surface area contributed by atoms with Crippen LogP contribution in [0.1, 0.15) is 19.8 Å². The maximum atomic E-state index is 3.62. The first kappa shape index (κ1) is 14.0. The number of fused-ring (bicyclic) bond motifs is 1. The van der Waals surface area contributed by atoms with E-state index in [1.807, 2.05) is 11.8 Å². The largest absolute Gasteiger partial charge is 0.126 e. The van der Waals surface area contributed by atoms with Crippen molar-refractivity contribution in [1.82, 2.24) is 0 Å². The summed E-state index contributed by atoms with van der Waals surface area (Å²) in [5.41, 5.74) is 0. The Morgan fingerprint density at radius 3 is 2.61 bits per heavy atom. The van der Waals surface area contributed by atoms with E-state index in [9.17, 15) is 0 Å². The van der Waals surface area contributed by atoms with Crippen LogP contribution in [-0.2, 0) is 0 Å². The minimum Gasteiger partial charge on any atom is -0.126 e. The quantitative estimate of drug-likeness (QED) is 0.482. The van der Waals surface area contributed by atoms with Crippen LogP contribution in [0.5, 0.6) is 0 Å². The van der Waals surface area contributed by atoms with E-state index in [0.717, 1.165) is 11.2 Å². The van der Waals surface area contributed by atoms with E-state index in [-0.39, 0.29) is 0 Å². The Kier molecular flexibility index (Phi) is 5.58. The summed E-state index contributed by atoms with van der Waals surface area (Å²) >= 11 is 5.59. The molecule has 0 saturated heterocycles. The van der Waals surface area contributed by atoms with Crippen molar-refractivity contribution in [2.24, 2.45) is 5.92 Å². The molecule has 0 saturated carbocycles. The Hall–Kier alpha value is -0.470. The maximum absolute atomic E-state index is 3.62. The highest BCUT2D eigenvalue weighted by Crippen LogP contribution is 2.27. The van der Waals surface area contributed by atoms with Crippen LogP contribution in [0, 0.1) is 5.92 Å². The van der Waals surface area contributed by atoms with Crippen molar-refractivity contribution in [3.05, 3.63) is 42.5 Å². The molecule has 0 amide bonds. The molecule has 0 heterocycles. The molecule has 18 heavy (non-hydrogen) atoms. The molecule has 0 aliphatic carbocycles. The average Bonchev–Trinajstić information content (AvgIpc) is 2.43. The molecule has 2 heteroatoms. The molecule has 0 bridgehead atoms. The molecule has 0 aliphatic rings. The molecule has 1 atom stereocenters. The number of halogens is 1. The number of alkyl halides is 1. The second-order valence-corrected chi connectivity index (χ2v) is 6.37. The van der Waals surface area contributed by atoms with Crippen LogP contribution >= 0.6 is 27.7 Å². The van der Waals surface area contributed by atoms with Crippen molar-refractivity contribution < 1.29 is 0 Å². The van der Waals surface area contributed by atoms with Crippen molar-refractivity contribution in [2.75, 3.05) is 11.1 Å². The average molecular weight is 323 g/mol. The molecule has 0 nitrogen and oxygen atoms in total. The van der Waals surface area contributed by atoms with E-state index in [1.165, 1.54) is 34.3 Å². The Morgan fingerprint density at radius 1 is 1.11 bits per heavy atom. The van der Waals surface area contributed by atoms with E-state index in [1.54, 1.807) is 0 Å². The van der Waals surface area contributed by atoms with Crippen molar-refractivity contribution in [3.63, 3.8) is 0 Å². The van der Waals surface area contributed by atoms with Crippen molar-refractivity contribution in [1.29, 1.82) is 0 Å². The molecule has 0 aliphatic heterocycles. The summed E-state index contributed by atoms with van der Waals surface area (Å²) in [6.07, 6.45) is 2.58. The van der Waals surface area contributed by atoms with Gasteiger partial charge in [0.25, 0.3) is 0 Å². The summed E-state index contributed by atoms with van der Waals surface area (Å²) in [6.45, 7) is 2.26. The van der Waals surface area contributed by atoms with Gasteiger partial charge in [0.05, 0.1) is 0 Å². The van der Waals surface area contributed by atoms with Gasteiger partial charge in [-0.1, -0.05) is 59.6 Å².